The summed E-state index contributed by atoms with van der Waals surface area (Å²) in [5, 5.41) is 5.29. The van der Waals surface area contributed by atoms with Gasteiger partial charge in [0.1, 0.15) is 11.3 Å². The molecule has 3 nitrogen and oxygen atoms in total. The fourth-order valence-corrected chi connectivity index (χ4v) is 2.33. The Balaban J connectivity index is 1.91. The van der Waals surface area contributed by atoms with E-state index in [1.165, 1.54) is 23.8 Å². The summed E-state index contributed by atoms with van der Waals surface area (Å²) in [5.41, 5.74) is 8.36. The number of nitrogens with zero attached hydrogens (tertiary/aromatic N) is 1. The first-order valence-corrected chi connectivity index (χ1v) is 5.95. The number of rotatable bonds is 2. The molecule has 2 N–H and O–H groups in total. The lowest BCUT2D eigenvalue weighted by atomic mass is 10.0. The Hall–Kier alpha value is -1.35. The van der Waals surface area contributed by atoms with Gasteiger partial charge in [0.2, 0.25) is 0 Å². The number of hydrogen-bond acceptors (Lipinski definition) is 3. The van der Waals surface area contributed by atoms with Crippen LogP contribution in [0.15, 0.2) is 22.7 Å². The molecule has 2 aliphatic rings. The van der Waals surface area contributed by atoms with Crippen molar-refractivity contribution in [3.63, 3.8) is 0 Å². The fourth-order valence-electron chi connectivity index (χ4n) is 2.33. The van der Waals surface area contributed by atoms with Crippen LogP contribution in [0.3, 0.4) is 0 Å². The Labute approximate surface area is 93.6 Å². The summed E-state index contributed by atoms with van der Waals surface area (Å²) >= 11 is 0. The van der Waals surface area contributed by atoms with E-state index in [9.17, 15) is 0 Å². The van der Waals surface area contributed by atoms with Crippen LogP contribution in [0.1, 0.15) is 42.9 Å². The topological polar surface area (TPSA) is 52.0 Å². The molecule has 0 radical (unpaired) electrons. The third-order valence-electron chi connectivity index (χ3n) is 3.82. The number of aromatic nitrogens is 1. The second-order valence-electron chi connectivity index (χ2n) is 5.21. The first kappa shape index (κ1) is 8.76. The van der Waals surface area contributed by atoms with Crippen LogP contribution in [-0.4, -0.2) is 5.16 Å². The zero-order chi connectivity index (χ0) is 10.8. The molecule has 16 heavy (non-hydrogen) atoms. The van der Waals surface area contributed by atoms with Gasteiger partial charge in [0.05, 0.1) is 0 Å². The Morgan fingerprint density at radius 3 is 2.81 bits per heavy atom. The molecule has 2 aromatic rings. The molecule has 3 heteroatoms. The molecule has 1 aromatic heterocycles. The number of fused-ring (bicyclic) bond motifs is 1. The minimum atomic E-state index is -0.0632. The lowest BCUT2D eigenvalue weighted by molar-refractivity contribution is 0.392. The highest BCUT2D eigenvalue weighted by Crippen LogP contribution is 2.46. The molecule has 2 saturated carbocycles. The van der Waals surface area contributed by atoms with E-state index in [0.717, 1.165) is 24.1 Å². The molecule has 0 bridgehead atoms. The van der Waals surface area contributed by atoms with E-state index in [-0.39, 0.29) is 5.54 Å². The van der Waals surface area contributed by atoms with Crippen molar-refractivity contribution in [1.82, 2.24) is 5.16 Å². The van der Waals surface area contributed by atoms with E-state index in [1.807, 2.05) is 6.07 Å². The van der Waals surface area contributed by atoms with Crippen LogP contribution in [0, 0.1) is 0 Å². The largest absolute Gasteiger partial charge is 0.360 e. The van der Waals surface area contributed by atoms with Gasteiger partial charge in [-0.05, 0) is 43.4 Å². The zero-order valence-corrected chi connectivity index (χ0v) is 9.07. The molecular formula is C13H14N2O. The average molecular weight is 214 g/mol. The molecule has 0 atom stereocenters. The Morgan fingerprint density at radius 1 is 1.31 bits per heavy atom. The summed E-state index contributed by atoms with van der Waals surface area (Å²) in [6.45, 7) is 0. The van der Waals surface area contributed by atoms with E-state index in [4.69, 9.17) is 10.3 Å². The molecule has 0 amide bonds. The molecule has 4 rings (SSSR count). The first-order chi connectivity index (χ1) is 7.76. The zero-order valence-electron chi connectivity index (χ0n) is 9.07. The Morgan fingerprint density at radius 2 is 2.12 bits per heavy atom. The maximum Gasteiger partial charge on any atom is 0.147 e. The average Bonchev–Trinajstić information content (AvgIpc) is 3.21. The van der Waals surface area contributed by atoms with Crippen molar-refractivity contribution in [2.45, 2.75) is 37.1 Å². The van der Waals surface area contributed by atoms with Gasteiger partial charge < -0.3 is 10.3 Å². The highest BCUT2D eigenvalue weighted by molar-refractivity contribution is 5.82. The maximum atomic E-state index is 6.22. The maximum absolute atomic E-state index is 6.22. The molecule has 82 valence electrons. The van der Waals surface area contributed by atoms with Crippen molar-refractivity contribution >= 4 is 10.9 Å². The molecule has 0 unspecified atom stereocenters. The quantitative estimate of drug-likeness (QED) is 0.836. The predicted molar refractivity (Wildman–Crippen MR) is 61.1 cm³/mol. The molecule has 0 saturated heterocycles. The first-order valence-electron chi connectivity index (χ1n) is 5.95. The molecule has 0 spiro atoms. The van der Waals surface area contributed by atoms with Crippen molar-refractivity contribution in [3.05, 3.63) is 29.5 Å². The van der Waals surface area contributed by atoms with Gasteiger partial charge in [-0.2, -0.15) is 0 Å². The van der Waals surface area contributed by atoms with Crippen LogP contribution >= 0.6 is 0 Å². The molecule has 2 fully saturated rings. The molecule has 1 aromatic carbocycles. The second-order valence-corrected chi connectivity index (χ2v) is 5.21. The smallest absolute Gasteiger partial charge is 0.147 e. The number of hydrogen-bond donors (Lipinski definition) is 1. The molecular weight excluding hydrogens is 200 g/mol. The van der Waals surface area contributed by atoms with Gasteiger partial charge >= 0.3 is 0 Å². The summed E-state index contributed by atoms with van der Waals surface area (Å²) in [6.07, 6.45) is 4.68. The third kappa shape index (κ3) is 1.15. The van der Waals surface area contributed by atoms with Crippen molar-refractivity contribution < 1.29 is 4.52 Å². The number of nitrogens with two attached hydrogens (primary N) is 1. The van der Waals surface area contributed by atoms with E-state index in [1.54, 1.807) is 0 Å². The summed E-state index contributed by atoms with van der Waals surface area (Å²) in [7, 11) is 0. The summed E-state index contributed by atoms with van der Waals surface area (Å²) in [6, 6.07) is 6.31. The lowest BCUT2D eigenvalue weighted by Gasteiger charge is -2.08. The van der Waals surface area contributed by atoms with Crippen molar-refractivity contribution in [2.24, 2.45) is 5.73 Å². The monoisotopic (exact) mass is 214 g/mol. The van der Waals surface area contributed by atoms with E-state index < -0.39 is 0 Å². The molecule has 1 heterocycles. The van der Waals surface area contributed by atoms with Gasteiger partial charge in [-0.3, -0.25) is 0 Å². The van der Waals surface area contributed by atoms with E-state index in [0.29, 0.717) is 5.92 Å². The van der Waals surface area contributed by atoms with Crippen LogP contribution < -0.4 is 5.73 Å². The minimum absolute atomic E-state index is 0.0632. The summed E-state index contributed by atoms with van der Waals surface area (Å²) < 4.78 is 5.44. The van der Waals surface area contributed by atoms with Crippen LogP contribution in [0.5, 0.6) is 0 Å². The third-order valence-corrected chi connectivity index (χ3v) is 3.82. The van der Waals surface area contributed by atoms with Gasteiger partial charge in [-0.15, -0.1) is 0 Å². The van der Waals surface area contributed by atoms with Crippen LogP contribution in [0.2, 0.25) is 0 Å². The Bertz CT molecular complexity index is 564. The van der Waals surface area contributed by atoms with Crippen LogP contribution in [0.25, 0.3) is 10.9 Å². The van der Waals surface area contributed by atoms with E-state index in [2.05, 4.69) is 17.3 Å². The second kappa shape index (κ2) is 2.66. The van der Waals surface area contributed by atoms with Crippen LogP contribution in [-0.2, 0) is 5.54 Å². The fraction of sp³-hybridized carbons (Fsp3) is 0.462. The lowest BCUT2D eigenvalue weighted by Crippen LogP contribution is -2.18. The SMILES string of the molecule is NC1(c2ccc3noc(C4CC4)c3c2)CC1. The highest BCUT2D eigenvalue weighted by atomic mass is 16.5. The van der Waals surface area contributed by atoms with E-state index >= 15 is 0 Å². The van der Waals surface area contributed by atoms with Gasteiger partial charge in [-0.1, -0.05) is 11.2 Å². The normalized spacial score (nSPS) is 22.6. The van der Waals surface area contributed by atoms with Gasteiger partial charge in [0.25, 0.3) is 0 Å². The minimum Gasteiger partial charge on any atom is -0.360 e. The van der Waals surface area contributed by atoms with Crippen molar-refractivity contribution in [1.29, 1.82) is 0 Å². The van der Waals surface area contributed by atoms with Crippen molar-refractivity contribution in [3.8, 4) is 0 Å². The summed E-state index contributed by atoms with van der Waals surface area (Å²) in [5.74, 6) is 1.68. The van der Waals surface area contributed by atoms with Crippen LogP contribution in [0.4, 0.5) is 0 Å². The van der Waals surface area contributed by atoms with Gasteiger partial charge in [0, 0.05) is 16.8 Å². The molecule has 2 aliphatic carbocycles. The van der Waals surface area contributed by atoms with Gasteiger partial charge in [-0.25, -0.2) is 0 Å². The number of benzene rings is 1. The standard InChI is InChI=1S/C13H14N2O/c14-13(5-6-13)9-3-4-11-10(7-9)12(16-15-11)8-1-2-8/h3-4,7-8H,1-2,5-6,14H2. The Kier molecular flexibility index (Phi) is 1.46. The highest BCUT2D eigenvalue weighted by Gasteiger charge is 2.40. The van der Waals surface area contributed by atoms with Crippen molar-refractivity contribution in [2.75, 3.05) is 0 Å². The van der Waals surface area contributed by atoms with Gasteiger partial charge in [0.15, 0.2) is 0 Å². The predicted octanol–water partition coefficient (Wildman–Crippen LogP) is 2.65. The molecule has 0 aliphatic heterocycles. The summed E-state index contributed by atoms with van der Waals surface area (Å²) in [4.78, 5) is 0.